The summed E-state index contributed by atoms with van der Waals surface area (Å²) in [5.41, 5.74) is 3.77. The smallest absolute Gasteiger partial charge is 0.251 e. The van der Waals surface area contributed by atoms with Crippen molar-refractivity contribution in [3.8, 4) is 0 Å². The molecule has 0 unspecified atom stereocenters. The predicted octanol–water partition coefficient (Wildman–Crippen LogP) is 4.31. The van der Waals surface area contributed by atoms with E-state index >= 15 is 0 Å². The van der Waals surface area contributed by atoms with Gasteiger partial charge in [0.1, 0.15) is 5.82 Å². The van der Waals surface area contributed by atoms with Crippen LogP contribution in [-0.2, 0) is 19.5 Å². The molecule has 0 saturated carbocycles. The minimum Gasteiger partial charge on any atom is -0.348 e. The molecule has 5 heteroatoms. The molecule has 1 aromatic heterocycles. The Labute approximate surface area is 155 Å². The van der Waals surface area contributed by atoms with E-state index in [1.807, 2.05) is 42.5 Å². The van der Waals surface area contributed by atoms with Gasteiger partial charge in [0, 0.05) is 29.5 Å². The van der Waals surface area contributed by atoms with Crippen molar-refractivity contribution in [1.82, 2.24) is 14.9 Å². The van der Waals surface area contributed by atoms with Gasteiger partial charge in [0.05, 0.1) is 11.0 Å². The first-order valence-electron chi connectivity index (χ1n) is 8.62. The zero-order chi connectivity index (χ0) is 17.4. The molecule has 128 valence electrons. The predicted molar refractivity (Wildman–Crippen MR) is 103 cm³/mol. The first kappa shape index (κ1) is 16.3. The summed E-state index contributed by atoms with van der Waals surface area (Å²) in [4.78, 5) is 17.2. The number of aryl methyl sites for hydroxylation is 1. The van der Waals surface area contributed by atoms with E-state index in [2.05, 4.69) is 32.7 Å². The fraction of sp³-hybridized carbons (Fsp3) is 0.300. The van der Waals surface area contributed by atoms with E-state index in [0.717, 1.165) is 39.9 Å². The number of fused-ring (bicyclic) bond motifs is 3. The lowest BCUT2D eigenvalue weighted by molar-refractivity contribution is 0.0951. The van der Waals surface area contributed by atoms with Crippen LogP contribution in [0.15, 0.2) is 46.9 Å². The van der Waals surface area contributed by atoms with Crippen LogP contribution in [0.5, 0.6) is 0 Å². The third-order valence-electron chi connectivity index (χ3n) is 4.81. The Balaban J connectivity index is 1.54. The summed E-state index contributed by atoms with van der Waals surface area (Å²) < 4.78 is 3.30. The maximum atomic E-state index is 12.5. The Kier molecular flexibility index (Phi) is 4.34. The number of carbonyl (C=O) groups excluding carboxylic acids is 1. The van der Waals surface area contributed by atoms with Crippen LogP contribution in [0.1, 0.15) is 35.1 Å². The van der Waals surface area contributed by atoms with Gasteiger partial charge < -0.3 is 9.88 Å². The highest BCUT2D eigenvalue weighted by molar-refractivity contribution is 9.10. The lowest BCUT2D eigenvalue weighted by atomic mass is 10.0. The summed E-state index contributed by atoms with van der Waals surface area (Å²) >= 11 is 3.45. The number of benzene rings is 2. The van der Waals surface area contributed by atoms with Gasteiger partial charge in [0.2, 0.25) is 0 Å². The molecule has 1 aliphatic heterocycles. The van der Waals surface area contributed by atoms with Crippen molar-refractivity contribution in [2.24, 2.45) is 5.92 Å². The number of nitrogens with one attached hydrogen (secondary N) is 1. The number of imidazole rings is 1. The minimum absolute atomic E-state index is 0.0683. The molecule has 1 atom stereocenters. The number of amides is 1. The molecular weight excluding hydrogens is 378 g/mol. The van der Waals surface area contributed by atoms with Gasteiger partial charge in [0.15, 0.2) is 0 Å². The molecule has 0 aliphatic carbocycles. The molecule has 3 aromatic rings. The second-order valence-electron chi connectivity index (χ2n) is 6.79. The second-order valence-corrected chi connectivity index (χ2v) is 7.71. The van der Waals surface area contributed by atoms with Crippen LogP contribution < -0.4 is 5.32 Å². The summed E-state index contributed by atoms with van der Waals surface area (Å²) in [7, 11) is 0. The molecule has 2 aromatic carbocycles. The highest BCUT2D eigenvalue weighted by Crippen LogP contribution is 2.25. The maximum Gasteiger partial charge on any atom is 0.251 e. The van der Waals surface area contributed by atoms with Crippen molar-refractivity contribution >= 4 is 32.9 Å². The quantitative estimate of drug-likeness (QED) is 0.715. The zero-order valence-electron chi connectivity index (χ0n) is 14.1. The van der Waals surface area contributed by atoms with Gasteiger partial charge >= 0.3 is 0 Å². The monoisotopic (exact) mass is 397 g/mol. The number of hydrogen-bond donors (Lipinski definition) is 1. The van der Waals surface area contributed by atoms with Gasteiger partial charge in [-0.1, -0.05) is 35.0 Å². The summed E-state index contributed by atoms with van der Waals surface area (Å²) in [6.45, 7) is 3.79. The van der Waals surface area contributed by atoms with E-state index < -0.39 is 0 Å². The van der Waals surface area contributed by atoms with Crippen LogP contribution in [-0.4, -0.2) is 15.5 Å². The first-order chi connectivity index (χ1) is 12.1. The van der Waals surface area contributed by atoms with E-state index in [4.69, 9.17) is 4.98 Å². The van der Waals surface area contributed by atoms with Crippen LogP contribution in [0, 0.1) is 5.92 Å². The molecule has 2 heterocycles. The van der Waals surface area contributed by atoms with E-state index in [0.29, 0.717) is 18.0 Å². The van der Waals surface area contributed by atoms with Crippen LogP contribution in [0.25, 0.3) is 11.0 Å². The summed E-state index contributed by atoms with van der Waals surface area (Å²) in [5, 5.41) is 2.98. The van der Waals surface area contributed by atoms with Crippen molar-refractivity contribution in [3.05, 3.63) is 63.9 Å². The van der Waals surface area contributed by atoms with Gasteiger partial charge in [-0.15, -0.1) is 0 Å². The van der Waals surface area contributed by atoms with E-state index in [1.165, 1.54) is 6.42 Å². The molecule has 0 saturated heterocycles. The molecule has 0 fully saturated rings. The molecule has 25 heavy (non-hydrogen) atoms. The van der Waals surface area contributed by atoms with E-state index in [-0.39, 0.29) is 5.91 Å². The standard InChI is InChI=1S/C20H20BrN3O/c1-13-7-8-24-18-6-5-15(11-17(18)23-19(24)9-13)20(25)22-12-14-3-2-4-16(21)10-14/h2-6,10-11,13H,7-9,12H2,1H3,(H,22,25)/t13-/m1/s1. The van der Waals surface area contributed by atoms with Gasteiger partial charge in [-0.2, -0.15) is 0 Å². The van der Waals surface area contributed by atoms with Crippen molar-refractivity contribution in [1.29, 1.82) is 0 Å². The third-order valence-corrected chi connectivity index (χ3v) is 5.30. The van der Waals surface area contributed by atoms with Crippen LogP contribution >= 0.6 is 15.9 Å². The summed E-state index contributed by atoms with van der Waals surface area (Å²) in [5.74, 6) is 1.75. The average molecular weight is 398 g/mol. The molecule has 0 bridgehead atoms. The number of hydrogen-bond acceptors (Lipinski definition) is 2. The summed E-state index contributed by atoms with van der Waals surface area (Å²) in [6.07, 6.45) is 2.20. The molecule has 1 amide bonds. The fourth-order valence-corrected chi connectivity index (χ4v) is 3.87. The van der Waals surface area contributed by atoms with Crippen LogP contribution in [0.2, 0.25) is 0 Å². The normalized spacial score (nSPS) is 16.6. The highest BCUT2D eigenvalue weighted by atomic mass is 79.9. The Hall–Kier alpha value is -2.14. The van der Waals surface area contributed by atoms with Crippen molar-refractivity contribution in [3.63, 3.8) is 0 Å². The number of halogens is 1. The van der Waals surface area contributed by atoms with E-state index in [9.17, 15) is 4.79 Å². The van der Waals surface area contributed by atoms with Gasteiger partial charge in [-0.05, 0) is 48.2 Å². The Morgan fingerprint density at radius 2 is 2.20 bits per heavy atom. The third kappa shape index (κ3) is 3.33. The van der Waals surface area contributed by atoms with Gasteiger partial charge in [0.25, 0.3) is 5.91 Å². The lowest BCUT2D eigenvalue weighted by Gasteiger charge is -2.19. The van der Waals surface area contributed by atoms with Crippen LogP contribution in [0.3, 0.4) is 0 Å². The molecule has 1 N–H and O–H groups in total. The molecule has 4 nitrogen and oxygen atoms in total. The Bertz CT molecular complexity index is 947. The molecule has 4 rings (SSSR count). The average Bonchev–Trinajstić information content (AvgIpc) is 2.96. The minimum atomic E-state index is -0.0683. The topological polar surface area (TPSA) is 46.9 Å². The van der Waals surface area contributed by atoms with Crippen molar-refractivity contribution in [2.45, 2.75) is 32.9 Å². The first-order valence-corrected chi connectivity index (χ1v) is 9.41. The fourth-order valence-electron chi connectivity index (χ4n) is 3.42. The maximum absolute atomic E-state index is 12.5. The molecule has 1 aliphatic rings. The molecule has 0 radical (unpaired) electrons. The zero-order valence-corrected chi connectivity index (χ0v) is 15.7. The summed E-state index contributed by atoms with van der Waals surface area (Å²) in [6, 6.07) is 13.8. The van der Waals surface area contributed by atoms with Gasteiger partial charge in [-0.25, -0.2) is 4.98 Å². The number of aromatic nitrogens is 2. The lowest BCUT2D eigenvalue weighted by Crippen LogP contribution is -2.22. The number of nitrogens with zero attached hydrogens (tertiary/aromatic N) is 2. The van der Waals surface area contributed by atoms with E-state index in [1.54, 1.807) is 0 Å². The van der Waals surface area contributed by atoms with Crippen LogP contribution in [0.4, 0.5) is 0 Å². The highest BCUT2D eigenvalue weighted by Gasteiger charge is 2.19. The van der Waals surface area contributed by atoms with Crippen molar-refractivity contribution < 1.29 is 4.79 Å². The SMILES string of the molecule is C[C@@H]1CCn2c(nc3cc(C(=O)NCc4cccc(Br)c4)ccc32)C1. The Morgan fingerprint density at radius 3 is 3.04 bits per heavy atom. The van der Waals surface area contributed by atoms with Gasteiger partial charge in [-0.3, -0.25) is 4.79 Å². The number of rotatable bonds is 3. The second kappa shape index (κ2) is 6.64. The number of carbonyl (C=O) groups is 1. The molecular formula is C20H20BrN3O. The Morgan fingerprint density at radius 1 is 1.32 bits per heavy atom. The van der Waals surface area contributed by atoms with Crippen molar-refractivity contribution in [2.75, 3.05) is 0 Å². The largest absolute Gasteiger partial charge is 0.348 e. The molecule has 0 spiro atoms.